The van der Waals surface area contributed by atoms with Gasteiger partial charge < -0.3 is 10.1 Å². The van der Waals surface area contributed by atoms with E-state index in [2.05, 4.69) is 5.32 Å². The maximum Gasteiger partial charge on any atom is 0.415 e. The number of benzene rings is 1. The van der Waals surface area contributed by atoms with Crippen molar-refractivity contribution in [1.82, 2.24) is 5.32 Å². The van der Waals surface area contributed by atoms with Crippen LogP contribution in [0.5, 0.6) is 0 Å². The molecule has 1 spiro atoms. The maximum absolute atomic E-state index is 12.9. The third kappa shape index (κ3) is 1.58. The highest BCUT2D eigenvalue weighted by Gasteiger charge is 2.49. The van der Waals surface area contributed by atoms with E-state index in [-0.39, 0.29) is 17.4 Å². The number of amides is 1. The van der Waals surface area contributed by atoms with Crippen molar-refractivity contribution < 1.29 is 13.9 Å². The summed E-state index contributed by atoms with van der Waals surface area (Å²) in [5, 5.41) is 3.24. The van der Waals surface area contributed by atoms with Crippen molar-refractivity contribution in [3.05, 3.63) is 30.1 Å². The lowest BCUT2D eigenvalue weighted by Crippen LogP contribution is -2.49. The van der Waals surface area contributed by atoms with Crippen molar-refractivity contribution in [1.29, 1.82) is 0 Å². The monoisotopic (exact) mass is 236 g/mol. The van der Waals surface area contributed by atoms with Crippen LogP contribution in [0.3, 0.4) is 0 Å². The van der Waals surface area contributed by atoms with Crippen LogP contribution < -0.4 is 10.2 Å². The number of halogens is 1. The molecule has 1 N–H and O–H groups in total. The molecule has 3 rings (SSSR count). The number of nitrogens with one attached hydrogen (secondary N) is 1. The van der Waals surface area contributed by atoms with E-state index in [1.54, 1.807) is 17.0 Å². The molecule has 2 aliphatic heterocycles. The lowest BCUT2D eigenvalue weighted by Gasteiger charge is -2.30. The quantitative estimate of drug-likeness (QED) is 0.803. The highest BCUT2D eigenvalue weighted by Crippen LogP contribution is 2.34. The number of hydrogen-bond acceptors (Lipinski definition) is 3. The lowest BCUT2D eigenvalue weighted by molar-refractivity contribution is 0.174. The van der Waals surface area contributed by atoms with Crippen molar-refractivity contribution in [2.75, 3.05) is 24.6 Å². The molecule has 1 unspecified atom stereocenters. The minimum absolute atomic E-state index is 0.297. The lowest BCUT2D eigenvalue weighted by atomic mass is 9.98. The van der Waals surface area contributed by atoms with Gasteiger partial charge in [-0.2, -0.15) is 0 Å². The van der Waals surface area contributed by atoms with Crippen LogP contribution in [0.1, 0.15) is 6.42 Å². The maximum atomic E-state index is 12.9. The first kappa shape index (κ1) is 10.5. The van der Waals surface area contributed by atoms with Crippen LogP contribution in [-0.2, 0) is 4.74 Å². The Balaban J connectivity index is 1.98. The van der Waals surface area contributed by atoms with Crippen molar-refractivity contribution in [2.45, 2.75) is 12.0 Å². The van der Waals surface area contributed by atoms with Crippen molar-refractivity contribution in [3.63, 3.8) is 0 Å². The van der Waals surface area contributed by atoms with Gasteiger partial charge in [0.2, 0.25) is 0 Å². The minimum Gasteiger partial charge on any atom is -0.447 e. The van der Waals surface area contributed by atoms with Gasteiger partial charge in [0, 0.05) is 12.2 Å². The second-order valence-electron chi connectivity index (χ2n) is 4.52. The first-order chi connectivity index (χ1) is 8.21. The fraction of sp³-hybridized carbons (Fsp3) is 0.417. The standard InChI is InChI=1S/C12H13FN2O2/c13-9-1-3-10(4-2-9)15-11(16)17-8-12(15)5-6-14-7-12/h1-4,14H,5-8H2. The molecule has 1 aromatic rings. The Kier molecular flexibility index (Phi) is 2.29. The third-order valence-electron chi connectivity index (χ3n) is 3.43. The Morgan fingerprint density at radius 3 is 2.76 bits per heavy atom. The first-order valence-corrected chi connectivity index (χ1v) is 5.65. The van der Waals surface area contributed by atoms with Gasteiger partial charge in [0.15, 0.2) is 0 Å². The van der Waals surface area contributed by atoms with E-state index < -0.39 is 0 Å². The molecule has 4 nitrogen and oxygen atoms in total. The second kappa shape index (κ2) is 3.70. The van der Waals surface area contributed by atoms with E-state index in [9.17, 15) is 9.18 Å². The molecule has 0 radical (unpaired) electrons. The van der Waals surface area contributed by atoms with Crippen LogP contribution in [0.2, 0.25) is 0 Å². The van der Waals surface area contributed by atoms with Crippen molar-refractivity contribution >= 4 is 11.8 Å². The normalized spacial score (nSPS) is 27.8. The third-order valence-corrected chi connectivity index (χ3v) is 3.43. The second-order valence-corrected chi connectivity index (χ2v) is 4.52. The predicted molar refractivity (Wildman–Crippen MR) is 60.4 cm³/mol. The SMILES string of the molecule is O=C1OCC2(CCNC2)N1c1ccc(F)cc1. The van der Waals surface area contributed by atoms with Gasteiger partial charge in [-0.15, -0.1) is 0 Å². The zero-order valence-electron chi connectivity index (χ0n) is 9.28. The molecule has 2 heterocycles. The molecule has 2 aliphatic rings. The summed E-state index contributed by atoms with van der Waals surface area (Å²) in [7, 11) is 0. The molecule has 0 aliphatic carbocycles. The fourth-order valence-corrected chi connectivity index (χ4v) is 2.53. The van der Waals surface area contributed by atoms with E-state index in [0.717, 1.165) is 19.5 Å². The number of ether oxygens (including phenoxy) is 1. The van der Waals surface area contributed by atoms with Crippen LogP contribution in [0, 0.1) is 5.82 Å². The molecule has 90 valence electrons. The number of cyclic esters (lactones) is 1. The summed E-state index contributed by atoms with van der Waals surface area (Å²) < 4.78 is 18.0. The number of rotatable bonds is 1. The van der Waals surface area contributed by atoms with Gasteiger partial charge in [0.25, 0.3) is 0 Å². The Hall–Kier alpha value is -1.62. The largest absolute Gasteiger partial charge is 0.447 e. The summed E-state index contributed by atoms with van der Waals surface area (Å²) in [6, 6.07) is 5.94. The average Bonchev–Trinajstić information content (AvgIpc) is 2.91. The van der Waals surface area contributed by atoms with Gasteiger partial charge in [-0.05, 0) is 37.2 Å². The Labute approximate surface area is 98.4 Å². The number of nitrogens with zero attached hydrogens (tertiary/aromatic N) is 1. The van der Waals surface area contributed by atoms with Crippen molar-refractivity contribution in [2.24, 2.45) is 0 Å². The van der Waals surface area contributed by atoms with Crippen LogP contribution in [-0.4, -0.2) is 31.3 Å². The highest BCUT2D eigenvalue weighted by molar-refractivity contribution is 5.91. The summed E-state index contributed by atoms with van der Waals surface area (Å²) in [6.07, 6.45) is 0.510. The van der Waals surface area contributed by atoms with Crippen LogP contribution in [0.25, 0.3) is 0 Å². The van der Waals surface area contributed by atoms with Gasteiger partial charge in [0.05, 0.1) is 5.54 Å². The molecule has 17 heavy (non-hydrogen) atoms. The zero-order chi connectivity index (χ0) is 11.9. The molecular weight excluding hydrogens is 223 g/mol. The summed E-state index contributed by atoms with van der Waals surface area (Å²) >= 11 is 0. The highest BCUT2D eigenvalue weighted by atomic mass is 19.1. The average molecular weight is 236 g/mol. The molecule has 2 saturated heterocycles. The molecule has 1 amide bonds. The molecule has 0 saturated carbocycles. The molecule has 1 aromatic carbocycles. The molecule has 5 heteroatoms. The van der Waals surface area contributed by atoms with Crippen molar-refractivity contribution in [3.8, 4) is 0 Å². The first-order valence-electron chi connectivity index (χ1n) is 5.65. The molecule has 0 bridgehead atoms. The van der Waals surface area contributed by atoms with E-state index in [1.165, 1.54) is 12.1 Å². The summed E-state index contributed by atoms with van der Waals surface area (Å²) in [4.78, 5) is 13.4. The molecule has 1 atom stereocenters. The van der Waals surface area contributed by atoms with Gasteiger partial charge >= 0.3 is 6.09 Å². The van der Waals surface area contributed by atoms with Gasteiger partial charge in [-0.3, -0.25) is 4.90 Å². The van der Waals surface area contributed by atoms with Gasteiger partial charge in [-0.25, -0.2) is 9.18 Å². The molecule has 0 aromatic heterocycles. The van der Waals surface area contributed by atoms with E-state index in [4.69, 9.17) is 4.74 Å². The minimum atomic E-state index is -0.347. The number of carbonyl (C=O) groups excluding carboxylic acids is 1. The number of anilines is 1. The Morgan fingerprint density at radius 2 is 2.12 bits per heavy atom. The summed E-state index contributed by atoms with van der Waals surface area (Å²) in [6.45, 7) is 1.99. The van der Waals surface area contributed by atoms with Gasteiger partial charge in [0.1, 0.15) is 12.4 Å². The topological polar surface area (TPSA) is 41.6 Å². The Bertz CT molecular complexity index is 440. The van der Waals surface area contributed by atoms with Crippen LogP contribution in [0.15, 0.2) is 24.3 Å². The zero-order valence-corrected chi connectivity index (χ0v) is 9.28. The molecular formula is C12H13FN2O2. The summed E-state index contributed by atoms with van der Waals surface area (Å²) in [5.74, 6) is -0.306. The van der Waals surface area contributed by atoms with E-state index in [1.807, 2.05) is 0 Å². The van der Waals surface area contributed by atoms with Crippen LogP contribution >= 0.6 is 0 Å². The van der Waals surface area contributed by atoms with E-state index in [0.29, 0.717) is 12.3 Å². The number of hydrogen-bond donors (Lipinski definition) is 1. The number of carbonyl (C=O) groups is 1. The summed E-state index contributed by atoms with van der Waals surface area (Å²) in [5.41, 5.74) is 0.396. The predicted octanol–water partition coefficient (Wildman–Crippen LogP) is 1.51. The Morgan fingerprint density at radius 1 is 1.35 bits per heavy atom. The molecule has 2 fully saturated rings. The van der Waals surface area contributed by atoms with Crippen LogP contribution in [0.4, 0.5) is 14.9 Å². The van der Waals surface area contributed by atoms with Gasteiger partial charge in [-0.1, -0.05) is 0 Å². The van der Waals surface area contributed by atoms with E-state index >= 15 is 0 Å². The fourth-order valence-electron chi connectivity index (χ4n) is 2.53. The smallest absolute Gasteiger partial charge is 0.415 e.